The van der Waals surface area contributed by atoms with Crippen LogP contribution in [0, 0.1) is 11.6 Å². The number of carbonyl (C=O) groups is 1. The number of carbonyl (C=O) groups excluding carboxylic acids is 1. The van der Waals surface area contributed by atoms with Crippen LogP contribution in [0.2, 0.25) is 0 Å². The summed E-state index contributed by atoms with van der Waals surface area (Å²) in [6, 6.07) is 11.2. The van der Waals surface area contributed by atoms with Crippen LogP contribution in [0.5, 0.6) is 0 Å². The first-order valence-electron chi connectivity index (χ1n) is 10.3. The molecule has 35 heavy (non-hydrogen) atoms. The van der Waals surface area contributed by atoms with E-state index < -0.39 is 41.3 Å². The number of nitrogens with one attached hydrogen (secondary N) is 1. The van der Waals surface area contributed by atoms with E-state index in [1.807, 2.05) is 0 Å². The minimum absolute atomic E-state index is 0.0811. The lowest BCUT2D eigenvalue weighted by atomic mass is 9.85. The van der Waals surface area contributed by atoms with Crippen molar-refractivity contribution in [3.8, 4) is 0 Å². The SMILES string of the molecule is CON=CCNC(=O)c1ccc(C2=NOC(c3cc(F)cc(F)c3)(C(F)(F)F)C2)c2ccccc12. The number of fused-ring (bicyclic) bond motifs is 1. The summed E-state index contributed by atoms with van der Waals surface area (Å²) in [6.45, 7) is 0.0988. The first-order valence-corrected chi connectivity index (χ1v) is 10.3. The molecular weight excluding hydrogens is 473 g/mol. The van der Waals surface area contributed by atoms with Crippen molar-refractivity contribution in [3.63, 3.8) is 0 Å². The highest BCUT2D eigenvalue weighted by Crippen LogP contribution is 2.49. The summed E-state index contributed by atoms with van der Waals surface area (Å²) in [5, 5.41) is 10.8. The van der Waals surface area contributed by atoms with E-state index in [2.05, 4.69) is 20.5 Å². The van der Waals surface area contributed by atoms with Gasteiger partial charge in [0.1, 0.15) is 18.7 Å². The zero-order chi connectivity index (χ0) is 25.2. The number of benzene rings is 3. The Morgan fingerprint density at radius 2 is 1.83 bits per heavy atom. The summed E-state index contributed by atoms with van der Waals surface area (Å²) in [7, 11) is 1.36. The Morgan fingerprint density at radius 3 is 2.49 bits per heavy atom. The van der Waals surface area contributed by atoms with Crippen LogP contribution in [0.1, 0.15) is 27.9 Å². The van der Waals surface area contributed by atoms with Gasteiger partial charge in [0.2, 0.25) is 0 Å². The Labute approximate surface area is 196 Å². The highest BCUT2D eigenvalue weighted by Gasteiger charge is 2.62. The molecular formula is C24H18F5N3O3. The molecule has 0 aliphatic carbocycles. The molecule has 1 N–H and O–H groups in total. The van der Waals surface area contributed by atoms with Crippen molar-refractivity contribution in [2.45, 2.75) is 18.2 Å². The van der Waals surface area contributed by atoms with Crippen molar-refractivity contribution >= 4 is 28.6 Å². The van der Waals surface area contributed by atoms with Crippen molar-refractivity contribution in [1.29, 1.82) is 0 Å². The molecule has 3 aromatic carbocycles. The second-order valence-corrected chi connectivity index (χ2v) is 7.68. The molecule has 6 nitrogen and oxygen atoms in total. The van der Waals surface area contributed by atoms with Crippen LogP contribution in [0.3, 0.4) is 0 Å². The van der Waals surface area contributed by atoms with Crippen LogP contribution in [0.4, 0.5) is 22.0 Å². The number of alkyl halides is 3. The number of oxime groups is 2. The first-order chi connectivity index (χ1) is 16.7. The van der Waals surface area contributed by atoms with Crippen LogP contribution >= 0.6 is 0 Å². The molecule has 0 aromatic heterocycles. The molecule has 1 heterocycles. The number of halogens is 5. The molecule has 4 rings (SSSR count). The molecule has 1 amide bonds. The third-order valence-corrected chi connectivity index (χ3v) is 5.53. The van der Waals surface area contributed by atoms with Gasteiger partial charge in [-0.15, -0.1) is 0 Å². The van der Waals surface area contributed by atoms with Gasteiger partial charge in [-0.2, -0.15) is 13.2 Å². The maximum Gasteiger partial charge on any atom is 0.435 e. The van der Waals surface area contributed by atoms with E-state index in [1.54, 1.807) is 24.3 Å². The van der Waals surface area contributed by atoms with Gasteiger partial charge < -0.3 is 15.0 Å². The standard InChI is InChI=1S/C24H18F5N3O3/c1-34-31-9-8-30-22(33)20-7-6-19(17-4-2-3-5-18(17)20)21-13-23(35-32-21,24(27,28)29)14-10-15(25)12-16(26)11-14/h2-7,9-12H,8,13H2,1H3,(H,30,33). The van der Waals surface area contributed by atoms with Crippen LogP contribution in [0.25, 0.3) is 10.8 Å². The number of nitrogens with zero attached hydrogens (tertiary/aromatic N) is 2. The van der Waals surface area contributed by atoms with Gasteiger partial charge in [-0.3, -0.25) is 4.79 Å². The molecule has 1 atom stereocenters. The average molecular weight is 491 g/mol. The molecule has 3 aromatic rings. The van der Waals surface area contributed by atoms with Gasteiger partial charge in [-0.05, 0) is 29.0 Å². The summed E-state index contributed by atoms with van der Waals surface area (Å²) >= 11 is 0. The topological polar surface area (TPSA) is 72.3 Å². The predicted octanol–water partition coefficient (Wildman–Crippen LogP) is 5.06. The zero-order valence-corrected chi connectivity index (χ0v) is 18.2. The zero-order valence-electron chi connectivity index (χ0n) is 18.2. The van der Waals surface area contributed by atoms with Gasteiger partial charge in [-0.25, -0.2) is 8.78 Å². The highest BCUT2D eigenvalue weighted by atomic mass is 19.4. The van der Waals surface area contributed by atoms with E-state index in [0.717, 1.165) is 0 Å². The van der Waals surface area contributed by atoms with Crippen molar-refractivity contribution in [2.24, 2.45) is 10.3 Å². The Kier molecular flexibility index (Phi) is 6.42. The average Bonchev–Trinajstić information content (AvgIpc) is 3.27. The second kappa shape index (κ2) is 9.32. The third-order valence-electron chi connectivity index (χ3n) is 5.53. The van der Waals surface area contributed by atoms with Crippen LogP contribution in [-0.2, 0) is 15.3 Å². The monoisotopic (exact) mass is 491 g/mol. The lowest BCUT2D eigenvalue weighted by Gasteiger charge is -2.29. The Bertz CT molecular complexity index is 1320. The van der Waals surface area contributed by atoms with E-state index in [4.69, 9.17) is 4.84 Å². The molecule has 182 valence electrons. The number of rotatable bonds is 6. The smallest absolute Gasteiger partial charge is 0.399 e. The first kappa shape index (κ1) is 24.1. The molecule has 0 saturated carbocycles. The van der Waals surface area contributed by atoms with E-state index in [-0.39, 0.29) is 17.8 Å². The fraction of sp³-hybridized carbons (Fsp3) is 0.208. The normalized spacial score (nSPS) is 17.9. The lowest BCUT2D eigenvalue weighted by Crippen LogP contribution is -2.42. The molecule has 1 aliphatic heterocycles. The molecule has 0 bridgehead atoms. The molecule has 0 saturated heterocycles. The second-order valence-electron chi connectivity index (χ2n) is 7.68. The van der Waals surface area contributed by atoms with Crippen molar-refractivity contribution in [3.05, 3.63) is 82.9 Å². The fourth-order valence-electron chi connectivity index (χ4n) is 3.93. The van der Waals surface area contributed by atoms with Gasteiger partial charge in [0.15, 0.2) is 0 Å². The van der Waals surface area contributed by atoms with Crippen LogP contribution in [-0.4, -0.2) is 37.7 Å². The summed E-state index contributed by atoms with van der Waals surface area (Å²) in [5.74, 6) is -2.77. The molecule has 1 aliphatic rings. The molecule has 0 fully saturated rings. The Hall–Kier alpha value is -4.02. The summed E-state index contributed by atoms with van der Waals surface area (Å²) in [6.07, 6.45) is -4.49. The van der Waals surface area contributed by atoms with Gasteiger partial charge >= 0.3 is 6.18 Å². The van der Waals surface area contributed by atoms with E-state index in [1.165, 1.54) is 25.5 Å². The molecule has 11 heteroatoms. The van der Waals surface area contributed by atoms with E-state index in [0.29, 0.717) is 34.5 Å². The van der Waals surface area contributed by atoms with Crippen LogP contribution < -0.4 is 5.32 Å². The Morgan fingerprint density at radius 1 is 1.14 bits per heavy atom. The van der Waals surface area contributed by atoms with Crippen molar-refractivity contribution < 1.29 is 36.4 Å². The summed E-state index contributed by atoms with van der Waals surface area (Å²) < 4.78 is 70.1. The molecule has 1 unspecified atom stereocenters. The minimum Gasteiger partial charge on any atom is -0.399 e. The maximum absolute atomic E-state index is 14.2. The number of hydrogen-bond donors (Lipinski definition) is 1. The third kappa shape index (κ3) is 4.53. The summed E-state index contributed by atoms with van der Waals surface area (Å²) in [4.78, 5) is 22.1. The fourth-order valence-corrected chi connectivity index (χ4v) is 3.93. The van der Waals surface area contributed by atoms with E-state index >= 15 is 0 Å². The van der Waals surface area contributed by atoms with Gasteiger partial charge in [0, 0.05) is 29.2 Å². The van der Waals surface area contributed by atoms with Gasteiger partial charge in [0.25, 0.3) is 11.5 Å². The summed E-state index contributed by atoms with van der Waals surface area (Å²) in [5.41, 5.74) is -3.31. The van der Waals surface area contributed by atoms with Crippen LogP contribution in [0.15, 0.2) is 64.9 Å². The number of hydrogen-bond acceptors (Lipinski definition) is 5. The molecule has 0 radical (unpaired) electrons. The van der Waals surface area contributed by atoms with Crippen molar-refractivity contribution in [1.82, 2.24) is 5.32 Å². The highest BCUT2D eigenvalue weighted by molar-refractivity contribution is 6.16. The number of amides is 1. The molecule has 0 spiro atoms. The van der Waals surface area contributed by atoms with Gasteiger partial charge in [-0.1, -0.05) is 40.6 Å². The van der Waals surface area contributed by atoms with Gasteiger partial charge in [0.05, 0.1) is 18.5 Å². The Balaban J connectivity index is 1.73. The predicted molar refractivity (Wildman–Crippen MR) is 118 cm³/mol. The maximum atomic E-state index is 14.2. The lowest BCUT2D eigenvalue weighted by molar-refractivity contribution is -0.276. The van der Waals surface area contributed by atoms with Crippen molar-refractivity contribution in [2.75, 3.05) is 13.7 Å². The minimum atomic E-state index is -5.03. The quantitative estimate of drug-likeness (QED) is 0.298. The largest absolute Gasteiger partial charge is 0.435 e. The van der Waals surface area contributed by atoms with E-state index in [9.17, 15) is 26.7 Å².